The Bertz CT molecular complexity index is 303. The summed E-state index contributed by atoms with van der Waals surface area (Å²) in [6.45, 7) is -3.42. The van der Waals surface area contributed by atoms with Gasteiger partial charge in [-0.2, -0.15) is 43.9 Å². The van der Waals surface area contributed by atoms with Gasteiger partial charge in [0.25, 0.3) is 0 Å². The summed E-state index contributed by atoms with van der Waals surface area (Å²) < 4.78 is 129. The van der Waals surface area contributed by atoms with E-state index in [9.17, 15) is 48.3 Å². The summed E-state index contributed by atoms with van der Waals surface area (Å²) in [5.74, 6) is -27.2. The molecule has 0 nitrogen and oxygen atoms in total. The second kappa shape index (κ2) is 4.51. The van der Waals surface area contributed by atoms with Gasteiger partial charge in [0.1, 0.15) is 0 Å². The molecule has 110 valence electrons. The van der Waals surface area contributed by atoms with Crippen molar-refractivity contribution in [3.05, 3.63) is 0 Å². The van der Waals surface area contributed by atoms with Crippen LogP contribution in [0, 0.1) is 0 Å². The second-order valence-electron chi connectivity index (χ2n) is 3.06. The van der Waals surface area contributed by atoms with Gasteiger partial charge in [-0.15, -0.1) is 0 Å². The van der Waals surface area contributed by atoms with E-state index in [1.807, 2.05) is 0 Å². The van der Waals surface area contributed by atoms with Gasteiger partial charge >= 0.3 is 27.6 Å². The summed E-state index contributed by atoms with van der Waals surface area (Å²) in [5, 5.41) is 0. The molecule has 0 unspecified atom stereocenters. The lowest BCUT2D eigenvalue weighted by Crippen LogP contribution is -2.66. The predicted molar refractivity (Wildman–Crippen MR) is 44.7 cm³/mol. The fourth-order valence-corrected chi connectivity index (χ4v) is 1.03. The SMILES string of the molecule is FCC(F)(F)C(F)(F)C(F)(F)C(F)(F)C(F)(F)I. The number of halogens is 12. The summed E-state index contributed by atoms with van der Waals surface area (Å²) in [4.78, 5) is 0. The van der Waals surface area contributed by atoms with Crippen molar-refractivity contribution in [3.63, 3.8) is 0 Å². The van der Waals surface area contributed by atoms with Crippen molar-refractivity contribution >= 4 is 22.6 Å². The topological polar surface area (TPSA) is 0 Å². The van der Waals surface area contributed by atoms with Crippen molar-refractivity contribution in [2.75, 3.05) is 6.67 Å². The fourth-order valence-electron chi connectivity index (χ4n) is 0.689. The van der Waals surface area contributed by atoms with Crippen LogP contribution >= 0.6 is 22.6 Å². The lowest BCUT2D eigenvalue weighted by atomic mass is 9.99. The predicted octanol–water partition coefficient (Wildman–Crippen LogP) is 4.52. The standard InChI is InChI=1S/C6H2F11I/c7-1-2(8,9)3(10,11)4(12,13)5(14,15)6(16,17)18/h1H2. The van der Waals surface area contributed by atoms with Crippen LogP contribution in [0.25, 0.3) is 0 Å². The van der Waals surface area contributed by atoms with Crippen molar-refractivity contribution in [1.29, 1.82) is 0 Å². The molecule has 0 radical (unpaired) electrons. The average molecular weight is 410 g/mol. The number of rotatable bonds is 5. The van der Waals surface area contributed by atoms with Crippen LogP contribution in [0.4, 0.5) is 48.3 Å². The van der Waals surface area contributed by atoms with Crippen LogP contribution in [-0.4, -0.2) is 34.3 Å². The maximum atomic E-state index is 12.5. The van der Waals surface area contributed by atoms with Crippen LogP contribution in [-0.2, 0) is 0 Å². The van der Waals surface area contributed by atoms with Crippen molar-refractivity contribution in [2.24, 2.45) is 0 Å². The highest BCUT2D eigenvalue weighted by atomic mass is 127. The van der Waals surface area contributed by atoms with Gasteiger partial charge in [0.15, 0.2) is 6.67 Å². The van der Waals surface area contributed by atoms with Gasteiger partial charge in [0.2, 0.25) is 0 Å². The minimum absolute atomic E-state index is 0.610. The first-order valence-corrected chi connectivity index (χ1v) is 4.78. The molecule has 0 bridgehead atoms. The zero-order chi connectivity index (χ0) is 15.2. The zero-order valence-corrected chi connectivity index (χ0v) is 9.90. The molecule has 0 heterocycles. The van der Waals surface area contributed by atoms with E-state index in [4.69, 9.17) is 0 Å². The molecule has 0 rings (SSSR count). The Labute approximate surface area is 106 Å². The molecule has 0 saturated heterocycles. The Kier molecular flexibility index (Phi) is 4.50. The van der Waals surface area contributed by atoms with Gasteiger partial charge in [-0.25, -0.2) is 4.39 Å². The quantitative estimate of drug-likeness (QED) is 0.355. The van der Waals surface area contributed by atoms with E-state index in [1.54, 1.807) is 0 Å². The molecular weight excluding hydrogens is 408 g/mol. The van der Waals surface area contributed by atoms with Crippen LogP contribution in [0.1, 0.15) is 0 Å². The van der Waals surface area contributed by atoms with E-state index in [0.717, 1.165) is 0 Å². The molecule has 0 saturated carbocycles. The Balaban J connectivity index is 5.80. The third kappa shape index (κ3) is 2.35. The molecule has 0 aliphatic carbocycles. The summed E-state index contributed by atoms with van der Waals surface area (Å²) in [7, 11) is 0. The first kappa shape index (κ1) is 18.0. The van der Waals surface area contributed by atoms with E-state index in [2.05, 4.69) is 0 Å². The minimum atomic E-state index is -7.15. The lowest BCUT2D eigenvalue weighted by Gasteiger charge is -2.37. The normalized spacial score (nSPS) is 16.0. The van der Waals surface area contributed by atoms with Gasteiger partial charge in [0, 0.05) is 22.6 Å². The smallest absolute Gasteiger partial charge is 0.244 e. The Hall–Kier alpha value is -0.0400. The monoisotopic (exact) mass is 410 g/mol. The molecule has 0 aliphatic rings. The summed E-state index contributed by atoms with van der Waals surface area (Å²) in [5.41, 5.74) is 0. The van der Waals surface area contributed by atoms with Crippen LogP contribution in [0.15, 0.2) is 0 Å². The second-order valence-corrected chi connectivity index (χ2v) is 4.41. The first-order valence-electron chi connectivity index (χ1n) is 3.70. The van der Waals surface area contributed by atoms with Gasteiger partial charge in [-0.1, -0.05) is 0 Å². The molecule has 0 atom stereocenters. The number of hydrogen-bond donors (Lipinski definition) is 0. The summed E-state index contributed by atoms with van der Waals surface area (Å²) in [6.07, 6.45) is 0. The Morgan fingerprint density at radius 1 is 0.611 bits per heavy atom. The molecule has 0 aromatic carbocycles. The van der Waals surface area contributed by atoms with Gasteiger partial charge < -0.3 is 0 Å². The maximum absolute atomic E-state index is 12.5. The van der Waals surface area contributed by atoms with Crippen LogP contribution in [0.5, 0.6) is 0 Å². The molecule has 0 amide bonds. The average Bonchev–Trinajstić information content (AvgIpc) is 2.15. The summed E-state index contributed by atoms with van der Waals surface area (Å²) in [6, 6.07) is 0. The first-order chi connectivity index (χ1) is 7.56. The van der Waals surface area contributed by atoms with E-state index in [1.165, 1.54) is 0 Å². The van der Waals surface area contributed by atoms with Crippen LogP contribution in [0.2, 0.25) is 0 Å². The largest absolute Gasteiger partial charge is 0.387 e. The van der Waals surface area contributed by atoms with E-state index < -0.39 is 56.9 Å². The summed E-state index contributed by atoms with van der Waals surface area (Å²) >= 11 is -0.610. The van der Waals surface area contributed by atoms with Crippen LogP contribution in [0.3, 0.4) is 0 Å². The van der Waals surface area contributed by atoms with Crippen molar-refractivity contribution < 1.29 is 48.3 Å². The van der Waals surface area contributed by atoms with E-state index in [-0.39, 0.29) is 0 Å². The third-order valence-electron chi connectivity index (χ3n) is 1.77. The number of hydrogen-bond acceptors (Lipinski definition) is 0. The zero-order valence-electron chi connectivity index (χ0n) is 7.74. The minimum Gasteiger partial charge on any atom is -0.244 e. The van der Waals surface area contributed by atoms with Gasteiger partial charge in [-0.05, 0) is 0 Å². The van der Waals surface area contributed by atoms with Crippen molar-refractivity contribution in [1.82, 2.24) is 0 Å². The molecule has 0 aromatic heterocycles. The molecule has 0 aromatic rings. The molecule has 0 N–H and O–H groups in total. The Morgan fingerprint density at radius 2 is 0.944 bits per heavy atom. The molecular formula is C6H2F11I. The van der Waals surface area contributed by atoms with Crippen molar-refractivity contribution in [3.8, 4) is 0 Å². The van der Waals surface area contributed by atoms with Gasteiger partial charge in [0.05, 0.1) is 0 Å². The highest BCUT2D eigenvalue weighted by molar-refractivity contribution is 14.1. The fraction of sp³-hybridized carbons (Fsp3) is 1.00. The highest BCUT2D eigenvalue weighted by Gasteiger charge is 2.85. The van der Waals surface area contributed by atoms with E-state index in [0.29, 0.717) is 0 Å². The number of alkyl halides is 12. The molecule has 0 fully saturated rings. The highest BCUT2D eigenvalue weighted by Crippen LogP contribution is 2.58. The maximum Gasteiger partial charge on any atom is 0.387 e. The third-order valence-corrected chi connectivity index (χ3v) is 2.45. The van der Waals surface area contributed by atoms with Crippen LogP contribution < -0.4 is 0 Å². The molecule has 12 heteroatoms. The molecule has 18 heavy (non-hydrogen) atoms. The lowest BCUT2D eigenvalue weighted by molar-refractivity contribution is -0.387. The van der Waals surface area contributed by atoms with Crippen molar-refractivity contribution in [2.45, 2.75) is 27.6 Å². The molecule has 0 aliphatic heterocycles. The van der Waals surface area contributed by atoms with E-state index >= 15 is 0 Å². The molecule has 0 spiro atoms. The Morgan fingerprint density at radius 3 is 1.17 bits per heavy atom. The van der Waals surface area contributed by atoms with Gasteiger partial charge in [-0.3, -0.25) is 0 Å².